The second kappa shape index (κ2) is 5.73. The summed E-state index contributed by atoms with van der Waals surface area (Å²) in [7, 11) is 1.96. The fourth-order valence-electron chi connectivity index (χ4n) is 1.97. The first-order valence-electron chi connectivity index (χ1n) is 6.24. The molecule has 0 amide bonds. The number of rotatable bonds is 6. The van der Waals surface area contributed by atoms with Gasteiger partial charge in [0.15, 0.2) is 5.58 Å². The van der Waals surface area contributed by atoms with Crippen LogP contribution in [0.2, 0.25) is 0 Å². The van der Waals surface area contributed by atoms with Gasteiger partial charge in [-0.15, -0.1) is 0 Å². The SMILES string of the molecule is CCC(CNC)CNc1ccc2[nH]c(=O)oc2c1. The number of aromatic amines is 1. The highest BCUT2D eigenvalue weighted by Gasteiger charge is 2.06. The smallest absolute Gasteiger partial charge is 0.408 e. The number of hydrogen-bond donors (Lipinski definition) is 3. The maximum Gasteiger partial charge on any atom is 0.417 e. The minimum absolute atomic E-state index is 0.413. The lowest BCUT2D eigenvalue weighted by Gasteiger charge is -2.15. The third kappa shape index (κ3) is 2.92. The Morgan fingerprint density at radius 3 is 2.94 bits per heavy atom. The van der Waals surface area contributed by atoms with Crippen LogP contribution in [0.3, 0.4) is 0 Å². The second-order valence-corrected chi connectivity index (χ2v) is 4.44. The van der Waals surface area contributed by atoms with E-state index in [4.69, 9.17) is 4.42 Å². The number of H-pyrrole nitrogens is 1. The monoisotopic (exact) mass is 249 g/mol. The van der Waals surface area contributed by atoms with Crippen LogP contribution in [0.5, 0.6) is 0 Å². The first-order chi connectivity index (χ1) is 8.72. The lowest BCUT2D eigenvalue weighted by atomic mass is 10.1. The normalized spacial score (nSPS) is 12.8. The van der Waals surface area contributed by atoms with E-state index >= 15 is 0 Å². The van der Waals surface area contributed by atoms with Gasteiger partial charge in [-0.05, 0) is 31.6 Å². The van der Waals surface area contributed by atoms with Gasteiger partial charge in [0.2, 0.25) is 0 Å². The maximum atomic E-state index is 11.0. The van der Waals surface area contributed by atoms with Crippen LogP contribution in [0.1, 0.15) is 13.3 Å². The predicted octanol–water partition coefficient (Wildman–Crippen LogP) is 1.78. The Kier molecular flexibility index (Phi) is 4.04. The van der Waals surface area contributed by atoms with Gasteiger partial charge in [-0.3, -0.25) is 4.98 Å². The first-order valence-corrected chi connectivity index (χ1v) is 6.24. The van der Waals surface area contributed by atoms with E-state index in [9.17, 15) is 4.79 Å². The number of oxazole rings is 1. The van der Waals surface area contributed by atoms with Crippen molar-refractivity contribution in [1.29, 1.82) is 0 Å². The highest BCUT2D eigenvalue weighted by molar-refractivity contribution is 5.76. The Labute approximate surface area is 106 Å². The molecule has 1 aromatic carbocycles. The van der Waals surface area contributed by atoms with Crippen molar-refractivity contribution >= 4 is 16.8 Å². The molecule has 5 heteroatoms. The zero-order chi connectivity index (χ0) is 13.0. The summed E-state index contributed by atoms with van der Waals surface area (Å²) in [6.07, 6.45) is 1.12. The molecule has 0 radical (unpaired) electrons. The molecule has 0 aliphatic heterocycles. The Hall–Kier alpha value is -1.75. The molecule has 98 valence electrons. The topological polar surface area (TPSA) is 70.1 Å². The van der Waals surface area contributed by atoms with Crippen LogP contribution in [0.4, 0.5) is 5.69 Å². The third-order valence-electron chi connectivity index (χ3n) is 3.09. The summed E-state index contributed by atoms with van der Waals surface area (Å²) in [5.41, 5.74) is 2.29. The van der Waals surface area contributed by atoms with Gasteiger partial charge < -0.3 is 15.1 Å². The molecule has 5 nitrogen and oxygen atoms in total. The van der Waals surface area contributed by atoms with E-state index in [2.05, 4.69) is 22.5 Å². The maximum absolute atomic E-state index is 11.0. The molecule has 1 atom stereocenters. The van der Waals surface area contributed by atoms with Gasteiger partial charge >= 0.3 is 5.76 Å². The van der Waals surface area contributed by atoms with Crippen LogP contribution in [0.15, 0.2) is 27.4 Å². The van der Waals surface area contributed by atoms with Crippen LogP contribution < -0.4 is 16.4 Å². The number of hydrogen-bond acceptors (Lipinski definition) is 4. The van der Waals surface area contributed by atoms with Crippen molar-refractivity contribution in [3.8, 4) is 0 Å². The second-order valence-electron chi connectivity index (χ2n) is 4.44. The number of nitrogens with one attached hydrogen (secondary N) is 3. The summed E-state index contributed by atoms with van der Waals surface area (Å²) in [6, 6.07) is 5.64. The van der Waals surface area contributed by atoms with Gasteiger partial charge in [0.05, 0.1) is 5.52 Å². The molecule has 0 saturated heterocycles. The van der Waals surface area contributed by atoms with E-state index in [0.717, 1.165) is 30.7 Å². The van der Waals surface area contributed by atoms with Crippen LogP contribution in [-0.2, 0) is 0 Å². The summed E-state index contributed by atoms with van der Waals surface area (Å²) < 4.78 is 5.03. The molecule has 1 aromatic heterocycles. The molecule has 1 heterocycles. The van der Waals surface area contributed by atoms with E-state index in [1.165, 1.54) is 0 Å². The van der Waals surface area contributed by atoms with Crippen LogP contribution in [0.25, 0.3) is 11.1 Å². The molecular formula is C13H19N3O2. The molecule has 0 fully saturated rings. The highest BCUT2D eigenvalue weighted by atomic mass is 16.4. The zero-order valence-corrected chi connectivity index (χ0v) is 10.7. The Balaban J connectivity index is 2.04. The van der Waals surface area contributed by atoms with Gasteiger partial charge in [-0.25, -0.2) is 4.79 Å². The van der Waals surface area contributed by atoms with Crippen molar-refractivity contribution in [3.63, 3.8) is 0 Å². The Morgan fingerprint density at radius 2 is 2.22 bits per heavy atom. The van der Waals surface area contributed by atoms with Crippen molar-refractivity contribution in [1.82, 2.24) is 10.3 Å². The van der Waals surface area contributed by atoms with Crippen molar-refractivity contribution in [2.24, 2.45) is 5.92 Å². The molecule has 2 rings (SSSR count). The number of fused-ring (bicyclic) bond motifs is 1. The molecule has 0 spiro atoms. The number of anilines is 1. The van der Waals surface area contributed by atoms with Crippen molar-refractivity contribution < 1.29 is 4.42 Å². The van der Waals surface area contributed by atoms with E-state index in [0.29, 0.717) is 11.5 Å². The van der Waals surface area contributed by atoms with Crippen molar-refractivity contribution in [2.75, 3.05) is 25.5 Å². The average Bonchev–Trinajstić information content (AvgIpc) is 2.73. The van der Waals surface area contributed by atoms with Crippen LogP contribution in [-0.4, -0.2) is 25.1 Å². The van der Waals surface area contributed by atoms with E-state index in [-0.39, 0.29) is 0 Å². The molecule has 3 N–H and O–H groups in total. The summed E-state index contributed by atoms with van der Waals surface area (Å²) in [6.45, 7) is 4.07. The third-order valence-corrected chi connectivity index (χ3v) is 3.09. The summed E-state index contributed by atoms with van der Waals surface area (Å²) in [4.78, 5) is 13.7. The summed E-state index contributed by atoms with van der Waals surface area (Å²) in [5, 5.41) is 6.55. The molecule has 1 unspecified atom stereocenters. The van der Waals surface area contributed by atoms with Crippen LogP contribution in [0, 0.1) is 5.92 Å². The zero-order valence-electron chi connectivity index (χ0n) is 10.7. The Morgan fingerprint density at radius 1 is 1.39 bits per heavy atom. The lowest BCUT2D eigenvalue weighted by molar-refractivity contribution is 0.506. The van der Waals surface area contributed by atoms with Gasteiger partial charge in [0.25, 0.3) is 0 Å². The van der Waals surface area contributed by atoms with E-state index in [1.54, 1.807) is 0 Å². The molecule has 0 saturated carbocycles. The van der Waals surface area contributed by atoms with Gasteiger partial charge in [0.1, 0.15) is 0 Å². The standard InChI is InChI=1S/C13H19N3O2/c1-3-9(7-14-2)8-15-10-4-5-11-12(6-10)18-13(17)16-11/h4-6,9,14-15H,3,7-8H2,1-2H3,(H,16,17). The molecule has 0 aliphatic rings. The molecule has 2 aromatic rings. The fraction of sp³-hybridized carbons (Fsp3) is 0.462. The van der Waals surface area contributed by atoms with Crippen molar-refractivity contribution in [2.45, 2.75) is 13.3 Å². The predicted molar refractivity (Wildman–Crippen MR) is 73.0 cm³/mol. The molecular weight excluding hydrogens is 230 g/mol. The number of aromatic nitrogens is 1. The fourth-order valence-corrected chi connectivity index (χ4v) is 1.97. The minimum atomic E-state index is -0.413. The number of benzene rings is 1. The summed E-state index contributed by atoms with van der Waals surface area (Å²) in [5.74, 6) is 0.174. The average molecular weight is 249 g/mol. The molecule has 18 heavy (non-hydrogen) atoms. The highest BCUT2D eigenvalue weighted by Crippen LogP contribution is 2.16. The molecule has 0 aliphatic carbocycles. The van der Waals surface area contributed by atoms with Crippen molar-refractivity contribution in [3.05, 3.63) is 28.7 Å². The van der Waals surface area contributed by atoms with Crippen LogP contribution >= 0.6 is 0 Å². The lowest BCUT2D eigenvalue weighted by Crippen LogP contribution is -2.24. The minimum Gasteiger partial charge on any atom is -0.408 e. The van der Waals surface area contributed by atoms with Gasteiger partial charge in [0, 0.05) is 18.3 Å². The van der Waals surface area contributed by atoms with E-state index < -0.39 is 5.76 Å². The first kappa shape index (κ1) is 12.7. The molecule has 0 bridgehead atoms. The Bertz CT molecular complexity index is 559. The summed E-state index contributed by atoms with van der Waals surface area (Å²) >= 11 is 0. The van der Waals surface area contributed by atoms with Gasteiger partial charge in [-0.1, -0.05) is 13.3 Å². The van der Waals surface area contributed by atoms with E-state index in [1.807, 2.05) is 25.2 Å². The quantitative estimate of drug-likeness (QED) is 0.730. The largest absolute Gasteiger partial charge is 0.417 e. The van der Waals surface area contributed by atoms with Gasteiger partial charge in [-0.2, -0.15) is 0 Å².